The summed E-state index contributed by atoms with van der Waals surface area (Å²) in [6, 6.07) is 14.6. The number of amides is 4. The van der Waals surface area contributed by atoms with Crippen LogP contribution in [0.1, 0.15) is 71.4 Å². The molecule has 278 valence electrons. The molecular formula is C38H47N5O8S. The van der Waals surface area contributed by atoms with E-state index in [2.05, 4.69) is 27.1 Å². The lowest BCUT2D eigenvalue weighted by Gasteiger charge is -2.31. The van der Waals surface area contributed by atoms with Gasteiger partial charge in [-0.15, -0.1) is 6.58 Å². The summed E-state index contributed by atoms with van der Waals surface area (Å²) < 4.78 is 32.9. The minimum atomic E-state index is -3.88. The van der Waals surface area contributed by atoms with Crippen molar-refractivity contribution in [1.82, 2.24) is 20.3 Å². The van der Waals surface area contributed by atoms with E-state index in [1.54, 1.807) is 20.8 Å². The fourth-order valence-corrected chi connectivity index (χ4v) is 8.30. The predicted molar refractivity (Wildman–Crippen MR) is 194 cm³/mol. The summed E-state index contributed by atoms with van der Waals surface area (Å²) in [5.41, 5.74) is 2.21. The number of sulfonamides is 1. The van der Waals surface area contributed by atoms with Gasteiger partial charge < -0.3 is 25.1 Å². The molecule has 3 fully saturated rings. The Morgan fingerprint density at radius 1 is 1.02 bits per heavy atom. The number of nitrogens with one attached hydrogen (secondary N) is 3. The third kappa shape index (κ3) is 7.57. The average molecular weight is 734 g/mol. The first kappa shape index (κ1) is 37.1. The van der Waals surface area contributed by atoms with Gasteiger partial charge in [-0.25, -0.2) is 13.2 Å². The van der Waals surface area contributed by atoms with Gasteiger partial charge in [0.05, 0.1) is 17.7 Å². The molecule has 0 aromatic heterocycles. The van der Waals surface area contributed by atoms with Crippen molar-refractivity contribution in [2.24, 2.45) is 22.9 Å². The highest BCUT2D eigenvalue weighted by Gasteiger charge is 2.62. The van der Waals surface area contributed by atoms with Crippen LogP contribution in [0.25, 0.3) is 11.1 Å². The van der Waals surface area contributed by atoms with Crippen molar-refractivity contribution in [2.75, 3.05) is 13.1 Å². The van der Waals surface area contributed by atoms with Crippen molar-refractivity contribution in [3.05, 3.63) is 72.3 Å². The number of alkyl carbamates (subject to hydrolysis) is 1. The number of benzene rings is 2. The molecule has 2 unspecified atom stereocenters. The Balaban J connectivity index is 1.25. The quantitative estimate of drug-likeness (QED) is 0.186. The minimum Gasteiger partial charge on any atom is -0.444 e. The van der Waals surface area contributed by atoms with Crippen LogP contribution in [0.5, 0.6) is 0 Å². The zero-order valence-corrected chi connectivity index (χ0v) is 31.0. The molecule has 2 saturated carbocycles. The van der Waals surface area contributed by atoms with Gasteiger partial charge in [0.2, 0.25) is 21.8 Å². The van der Waals surface area contributed by atoms with Gasteiger partial charge in [0, 0.05) is 30.0 Å². The van der Waals surface area contributed by atoms with Crippen LogP contribution in [-0.4, -0.2) is 84.5 Å². The number of carbonyl (C=O) groups is 4. The zero-order valence-electron chi connectivity index (χ0n) is 30.2. The molecule has 13 nitrogen and oxygen atoms in total. The molecule has 3 aliphatic carbocycles. The predicted octanol–water partition coefficient (Wildman–Crippen LogP) is 3.87. The third-order valence-corrected chi connectivity index (χ3v) is 11.9. The third-order valence-electron chi connectivity index (χ3n) is 10.0. The monoisotopic (exact) mass is 733 g/mol. The van der Waals surface area contributed by atoms with E-state index in [-0.39, 0.29) is 31.8 Å². The van der Waals surface area contributed by atoms with E-state index in [4.69, 9.17) is 9.57 Å². The Morgan fingerprint density at radius 3 is 2.13 bits per heavy atom. The normalized spacial score (nSPS) is 23.9. The lowest BCUT2D eigenvalue weighted by molar-refractivity contribution is -0.143. The minimum absolute atomic E-state index is 0.00674. The lowest BCUT2D eigenvalue weighted by atomic mass is 9.93. The number of ether oxygens (including phenoxy) is 1. The second-order valence-corrected chi connectivity index (χ2v) is 17.4. The molecule has 1 aliphatic heterocycles. The SMILES string of the molecule is C=C[C@@H]1C[C@@]1(NC(=O)C1CC(ON=C2c3ccccc3-c3ccccc32)CN1C(=O)[C@@H](CNC(=O)OC(C)(C)C)C(C)C)C(=O)NS(=O)(=O)C1CC1. The van der Waals surface area contributed by atoms with Crippen LogP contribution in [0.2, 0.25) is 0 Å². The summed E-state index contributed by atoms with van der Waals surface area (Å²) in [6.07, 6.45) is 1.29. The summed E-state index contributed by atoms with van der Waals surface area (Å²) in [4.78, 5) is 62.0. The Bertz CT molecular complexity index is 1870. The van der Waals surface area contributed by atoms with E-state index < -0.39 is 74.2 Å². The maximum absolute atomic E-state index is 14.3. The molecule has 1 saturated heterocycles. The number of hydrogen-bond acceptors (Lipinski definition) is 9. The van der Waals surface area contributed by atoms with Gasteiger partial charge in [-0.1, -0.05) is 73.6 Å². The highest BCUT2D eigenvalue weighted by Crippen LogP contribution is 2.45. The second-order valence-electron chi connectivity index (χ2n) is 15.4. The molecule has 3 N–H and O–H groups in total. The van der Waals surface area contributed by atoms with E-state index in [0.29, 0.717) is 18.6 Å². The first-order chi connectivity index (χ1) is 24.5. The van der Waals surface area contributed by atoms with E-state index in [1.165, 1.54) is 11.0 Å². The topological polar surface area (TPSA) is 173 Å². The smallest absolute Gasteiger partial charge is 0.407 e. The maximum atomic E-state index is 14.3. The first-order valence-electron chi connectivity index (χ1n) is 17.8. The maximum Gasteiger partial charge on any atom is 0.407 e. The van der Waals surface area contributed by atoms with Crippen LogP contribution in [0.3, 0.4) is 0 Å². The number of oxime groups is 1. The molecular weight excluding hydrogens is 687 g/mol. The van der Waals surface area contributed by atoms with Crippen LogP contribution in [-0.2, 0) is 34.0 Å². The highest BCUT2D eigenvalue weighted by atomic mass is 32.2. The van der Waals surface area contributed by atoms with Gasteiger partial charge in [0.1, 0.15) is 29.0 Å². The van der Waals surface area contributed by atoms with Crippen LogP contribution in [0.15, 0.2) is 66.3 Å². The number of rotatable bonds is 12. The largest absolute Gasteiger partial charge is 0.444 e. The highest BCUT2D eigenvalue weighted by molar-refractivity contribution is 7.91. The molecule has 14 heteroatoms. The van der Waals surface area contributed by atoms with E-state index in [1.807, 2.05) is 62.4 Å². The lowest BCUT2D eigenvalue weighted by Crippen LogP contribution is -2.57. The van der Waals surface area contributed by atoms with Crippen molar-refractivity contribution in [2.45, 2.75) is 88.8 Å². The summed E-state index contributed by atoms with van der Waals surface area (Å²) >= 11 is 0. The molecule has 52 heavy (non-hydrogen) atoms. The fraction of sp³-hybridized carbons (Fsp3) is 0.500. The van der Waals surface area contributed by atoms with Crippen molar-refractivity contribution in [1.29, 1.82) is 0 Å². The Hall–Kier alpha value is -4.72. The number of carbonyl (C=O) groups excluding carboxylic acids is 4. The van der Waals surface area contributed by atoms with Gasteiger partial charge in [-0.05, 0) is 57.1 Å². The Kier molecular flexibility index (Phi) is 9.99. The molecule has 4 aliphatic rings. The van der Waals surface area contributed by atoms with E-state index >= 15 is 0 Å². The van der Waals surface area contributed by atoms with E-state index in [9.17, 15) is 27.6 Å². The summed E-state index contributed by atoms with van der Waals surface area (Å²) in [7, 11) is -3.88. The molecule has 4 amide bonds. The first-order valence-corrected chi connectivity index (χ1v) is 19.3. The van der Waals surface area contributed by atoms with Gasteiger partial charge in [0.25, 0.3) is 5.91 Å². The molecule has 0 radical (unpaired) electrons. The van der Waals surface area contributed by atoms with Crippen LogP contribution in [0.4, 0.5) is 4.79 Å². The number of hydrogen-bond donors (Lipinski definition) is 3. The summed E-state index contributed by atoms with van der Waals surface area (Å²) in [6.45, 7) is 12.6. The number of likely N-dealkylation sites (tertiary alicyclic amines) is 1. The summed E-state index contributed by atoms with van der Waals surface area (Å²) in [5, 5.41) is 9.44. The van der Waals surface area contributed by atoms with Gasteiger partial charge >= 0.3 is 6.09 Å². The molecule has 0 bridgehead atoms. The average Bonchev–Trinajstić information content (AvgIpc) is 3.99. The standard InChI is InChI=1S/C38H47N5O8S/c1-7-23-19-38(23,35(46)42-52(48,49)25-16-17-25)40-33(44)31-18-24(21-43(31)34(45)30(22(2)3)20-39-36(47)50-37(4,5)6)51-41-32-28-14-10-8-12-26(28)27-13-9-11-15-29(27)32/h7-15,22-25,30-31H,1,16-21H2,2-6H3,(H,39,47)(H,40,44)(H,42,46)/t23-,24?,30+,31?,38+/m1/s1. The molecule has 5 atom stereocenters. The Labute approximate surface area is 304 Å². The van der Waals surface area contributed by atoms with Crippen molar-refractivity contribution >= 4 is 39.5 Å². The zero-order chi connectivity index (χ0) is 37.6. The van der Waals surface area contributed by atoms with Crippen molar-refractivity contribution in [3.63, 3.8) is 0 Å². The fourth-order valence-electron chi connectivity index (χ4n) is 6.93. The number of fused-ring (bicyclic) bond motifs is 3. The van der Waals surface area contributed by atoms with Crippen LogP contribution >= 0.6 is 0 Å². The van der Waals surface area contributed by atoms with Gasteiger partial charge in [-0.2, -0.15) is 0 Å². The molecule has 2 aromatic carbocycles. The van der Waals surface area contributed by atoms with Gasteiger partial charge in [-0.3, -0.25) is 19.1 Å². The Morgan fingerprint density at radius 2 is 1.62 bits per heavy atom. The molecule has 1 heterocycles. The molecule has 0 spiro atoms. The van der Waals surface area contributed by atoms with Gasteiger partial charge in [0.15, 0.2) is 0 Å². The summed E-state index contributed by atoms with van der Waals surface area (Å²) in [5.74, 6) is -3.32. The molecule has 6 rings (SSSR count). The van der Waals surface area contributed by atoms with E-state index in [0.717, 1.165) is 22.3 Å². The van der Waals surface area contributed by atoms with Crippen molar-refractivity contribution in [3.8, 4) is 11.1 Å². The second kappa shape index (κ2) is 14.0. The van der Waals surface area contributed by atoms with Crippen molar-refractivity contribution < 1.29 is 37.2 Å². The molecule has 2 aromatic rings. The van der Waals surface area contributed by atoms with Crippen LogP contribution in [0, 0.1) is 17.8 Å². The number of nitrogens with zero attached hydrogens (tertiary/aromatic N) is 2. The van der Waals surface area contributed by atoms with Crippen LogP contribution < -0.4 is 15.4 Å².